The lowest BCUT2D eigenvalue weighted by Gasteiger charge is -2.37. The van der Waals surface area contributed by atoms with Gasteiger partial charge in [0.15, 0.2) is 11.6 Å². The summed E-state index contributed by atoms with van der Waals surface area (Å²) in [5, 5.41) is 11.3. The maximum absolute atomic E-state index is 5.76. The molecule has 0 aliphatic carbocycles. The van der Waals surface area contributed by atoms with Crippen molar-refractivity contribution in [1.82, 2.24) is 20.2 Å². The minimum atomic E-state index is -0.377. The molecule has 2 saturated heterocycles. The van der Waals surface area contributed by atoms with Gasteiger partial charge in [-0.3, -0.25) is 4.98 Å². The molecule has 0 bridgehead atoms. The molecule has 2 aromatic heterocycles. The number of rotatable bonds is 4. The quantitative estimate of drug-likeness (QED) is 0.897. The Morgan fingerprint density at radius 3 is 2.75 bits per heavy atom. The number of ether oxygens (including phenoxy) is 2. The molecule has 1 spiro atoms. The highest BCUT2D eigenvalue weighted by Gasteiger charge is 2.40. The maximum Gasteiger partial charge on any atom is 0.244 e. The maximum atomic E-state index is 5.76. The van der Waals surface area contributed by atoms with Crippen LogP contribution in [0.3, 0.4) is 0 Å². The van der Waals surface area contributed by atoms with Crippen molar-refractivity contribution in [2.24, 2.45) is 0 Å². The molecule has 1 N–H and O–H groups in total. The van der Waals surface area contributed by atoms with E-state index in [4.69, 9.17) is 9.47 Å². The molecule has 8 nitrogen and oxygen atoms in total. The van der Waals surface area contributed by atoms with Gasteiger partial charge in [-0.2, -0.15) is 10.1 Å². The topological polar surface area (TPSA) is 85.3 Å². The Balaban J connectivity index is 1.38. The first kappa shape index (κ1) is 15.2. The van der Waals surface area contributed by atoms with E-state index in [1.54, 1.807) is 12.4 Å². The van der Waals surface area contributed by atoms with Crippen molar-refractivity contribution >= 4 is 11.8 Å². The number of nitrogens with one attached hydrogen (secondary N) is 1. The van der Waals surface area contributed by atoms with Crippen molar-refractivity contribution in [3.63, 3.8) is 0 Å². The smallest absolute Gasteiger partial charge is 0.244 e. The molecule has 0 saturated carbocycles. The fourth-order valence-corrected chi connectivity index (χ4v) is 3.07. The molecule has 2 aliphatic rings. The summed E-state index contributed by atoms with van der Waals surface area (Å²) in [5.74, 6) is 0.967. The summed E-state index contributed by atoms with van der Waals surface area (Å²) in [4.78, 5) is 10.9. The molecule has 0 radical (unpaired) electrons. The summed E-state index contributed by atoms with van der Waals surface area (Å²) in [6, 6.07) is 3.91. The van der Waals surface area contributed by atoms with Gasteiger partial charge in [0, 0.05) is 44.9 Å². The number of piperidine rings is 1. The summed E-state index contributed by atoms with van der Waals surface area (Å²) < 4.78 is 11.5. The molecule has 2 aromatic rings. The van der Waals surface area contributed by atoms with Crippen LogP contribution in [0, 0.1) is 0 Å². The van der Waals surface area contributed by atoms with E-state index in [1.807, 2.05) is 18.3 Å². The standard InChI is InChI=1S/C16H20N6O2/c1-2-13(10-17-5-1)11-18-15-20-14(12-19-21-15)22-6-3-16(4-7-22)23-8-9-24-16/h1-2,5,10,12H,3-4,6-9,11H2,(H,18,20,21). The van der Waals surface area contributed by atoms with Crippen molar-refractivity contribution in [2.45, 2.75) is 25.2 Å². The molecular weight excluding hydrogens is 308 g/mol. The summed E-state index contributed by atoms with van der Waals surface area (Å²) in [6.07, 6.45) is 6.95. The Bertz CT molecular complexity index is 667. The highest BCUT2D eigenvalue weighted by Crippen LogP contribution is 2.32. The van der Waals surface area contributed by atoms with E-state index < -0.39 is 0 Å². The first-order valence-electron chi connectivity index (χ1n) is 8.18. The third-order valence-corrected chi connectivity index (χ3v) is 4.38. The molecule has 24 heavy (non-hydrogen) atoms. The third kappa shape index (κ3) is 3.29. The second-order valence-electron chi connectivity index (χ2n) is 5.95. The van der Waals surface area contributed by atoms with E-state index in [9.17, 15) is 0 Å². The van der Waals surface area contributed by atoms with Gasteiger partial charge in [0.05, 0.1) is 19.4 Å². The normalized spacial score (nSPS) is 19.6. The van der Waals surface area contributed by atoms with Gasteiger partial charge in [-0.05, 0) is 11.6 Å². The second-order valence-corrected chi connectivity index (χ2v) is 5.95. The van der Waals surface area contributed by atoms with Crippen molar-refractivity contribution in [3.05, 3.63) is 36.3 Å². The number of anilines is 2. The highest BCUT2D eigenvalue weighted by atomic mass is 16.7. The Hall–Kier alpha value is -2.32. The van der Waals surface area contributed by atoms with Crippen molar-refractivity contribution < 1.29 is 9.47 Å². The van der Waals surface area contributed by atoms with Crippen molar-refractivity contribution in [2.75, 3.05) is 36.5 Å². The number of pyridine rings is 1. The highest BCUT2D eigenvalue weighted by molar-refractivity contribution is 5.41. The Kier molecular flexibility index (Phi) is 4.22. The van der Waals surface area contributed by atoms with E-state index >= 15 is 0 Å². The number of nitrogens with zero attached hydrogens (tertiary/aromatic N) is 5. The van der Waals surface area contributed by atoms with Gasteiger partial charge < -0.3 is 19.7 Å². The summed E-state index contributed by atoms with van der Waals surface area (Å²) in [7, 11) is 0. The zero-order valence-corrected chi connectivity index (χ0v) is 13.4. The van der Waals surface area contributed by atoms with Gasteiger partial charge in [0.2, 0.25) is 5.95 Å². The zero-order valence-electron chi connectivity index (χ0n) is 13.4. The average Bonchev–Trinajstić information content (AvgIpc) is 3.10. The molecule has 4 rings (SSSR count). The third-order valence-electron chi connectivity index (χ3n) is 4.38. The molecule has 2 fully saturated rings. The fourth-order valence-electron chi connectivity index (χ4n) is 3.07. The van der Waals surface area contributed by atoms with Crippen LogP contribution in [0.4, 0.5) is 11.8 Å². The molecule has 126 valence electrons. The summed E-state index contributed by atoms with van der Waals surface area (Å²) in [5.41, 5.74) is 1.07. The predicted molar refractivity (Wildman–Crippen MR) is 87.5 cm³/mol. The Morgan fingerprint density at radius 2 is 2.00 bits per heavy atom. The van der Waals surface area contributed by atoms with E-state index in [2.05, 4.69) is 30.4 Å². The summed E-state index contributed by atoms with van der Waals surface area (Å²) >= 11 is 0. The SMILES string of the molecule is c1cncc(CNc2nncc(N3CCC4(CC3)OCCO4)n2)c1. The lowest BCUT2D eigenvalue weighted by molar-refractivity contribution is -0.169. The van der Waals surface area contributed by atoms with Crippen molar-refractivity contribution in [3.8, 4) is 0 Å². The van der Waals surface area contributed by atoms with Gasteiger partial charge in [-0.15, -0.1) is 5.10 Å². The van der Waals surface area contributed by atoms with Gasteiger partial charge in [-0.1, -0.05) is 6.07 Å². The molecule has 0 unspecified atom stereocenters. The predicted octanol–water partition coefficient (Wildman–Crippen LogP) is 1.22. The first-order valence-corrected chi connectivity index (χ1v) is 8.18. The Labute approximate surface area is 140 Å². The van der Waals surface area contributed by atoms with E-state index in [1.165, 1.54) is 0 Å². The van der Waals surface area contributed by atoms with E-state index in [0.717, 1.165) is 37.3 Å². The molecule has 0 amide bonds. The molecule has 2 aliphatic heterocycles. The van der Waals surface area contributed by atoms with Crippen LogP contribution in [0.5, 0.6) is 0 Å². The largest absolute Gasteiger partial charge is 0.355 e. The van der Waals surface area contributed by atoms with E-state index in [-0.39, 0.29) is 5.79 Å². The van der Waals surface area contributed by atoms with Crippen LogP contribution in [0.15, 0.2) is 30.7 Å². The Morgan fingerprint density at radius 1 is 1.17 bits per heavy atom. The second kappa shape index (κ2) is 6.66. The van der Waals surface area contributed by atoms with Gasteiger partial charge in [0.1, 0.15) is 0 Å². The van der Waals surface area contributed by atoms with Crippen molar-refractivity contribution in [1.29, 1.82) is 0 Å². The first-order chi connectivity index (χ1) is 11.8. The summed E-state index contributed by atoms with van der Waals surface area (Å²) in [6.45, 7) is 3.67. The minimum Gasteiger partial charge on any atom is -0.355 e. The lowest BCUT2D eigenvalue weighted by atomic mass is 10.0. The molecule has 8 heteroatoms. The molecule has 0 aromatic carbocycles. The fraction of sp³-hybridized carbons (Fsp3) is 0.500. The molecule has 0 atom stereocenters. The monoisotopic (exact) mass is 328 g/mol. The van der Waals surface area contributed by atoms with Crippen LogP contribution in [0.1, 0.15) is 18.4 Å². The minimum absolute atomic E-state index is 0.377. The number of hydrogen-bond acceptors (Lipinski definition) is 8. The zero-order chi connectivity index (χ0) is 16.2. The van der Waals surface area contributed by atoms with Gasteiger partial charge in [-0.25, -0.2) is 0 Å². The number of aromatic nitrogens is 4. The van der Waals surface area contributed by atoms with Crippen LogP contribution >= 0.6 is 0 Å². The lowest BCUT2D eigenvalue weighted by Crippen LogP contribution is -2.45. The molecular formula is C16H20N6O2. The van der Waals surface area contributed by atoms with Gasteiger partial charge >= 0.3 is 0 Å². The van der Waals surface area contributed by atoms with Crippen LogP contribution in [0.25, 0.3) is 0 Å². The van der Waals surface area contributed by atoms with Crippen LogP contribution in [0.2, 0.25) is 0 Å². The number of hydrogen-bond donors (Lipinski definition) is 1. The van der Waals surface area contributed by atoms with Gasteiger partial charge in [0.25, 0.3) is 0 Å². The average molecular weight is 328 g/mol. The van der Waals surface area contributed by atoms with Crippen LogP contribution in [-0.2, 0) is 16.0 Å². The van der Waals surface area contributed by atoms with Crippen LogP contribution in [-0.4, -0.2) is 52.3 Å². The molecule has 4 heterocycles. The van der Waals surface area contributed by atoms with Crippen LogP contribution < -0.4 is 10.2 Å². The van der Waals surface area contributed by atoms with E-state index in [0.29, 0.717) is 25.7 Å².